The van der Waals surface area contributed by atoms with Gasteiger partial charge in [0.2, 0.25) is 0 Å². The number of rotatable bonds is 7. The summed E-state index contributed by atoms with van der Waals surface area (Å²) in [6, 6.07) is 11.1. The number of aromatic amines is 1. The lowest BCUT2D eigenvalue weighted by molar-refractivity contribution is -0.131. The summed E-state index contributed by atoms with van der Waals surface area (Å²) in [5, 5.41) is 10.1. The number of nitrogens with one attached hydrogen (secondary N) is 1. The van der Waals surface area contributed by atoms with Crippen LogP contribution in [0.1, 0.15) is 5.56 Å². The van der Waals surface area contributed by atoms with E-state index < -0.39 is 5.97 Å². The first-order valence-electron chi connectivity index (χ1n) is 7.78. The third-order valence-corrected chi connectivity index (χ3v) is 5.53. The van der Waals surface area contributed by atoms with E-state index in [9.17, 15) is 9.90 Å². The van der Waals surface area contributed by atoms with Crippen molar-refractivity contribution in [3.8, 4) is 5.75 Å². The Bertz CT molecular complexity index is 990. The molecule has 1 heterocycles. The third kappa shape index (κ3) is 4.82. The quantitative estimate of drug-likeness (QED) is 0.236. The minimum atomic E-state index is -1.03. The number of para-hydroxylation sites is 2. The molecule has 8 heteroatoms. The summed E-state index contributed by atoms with van der Waals surface area (Å²) in [6.07, 6.45) is 3.24. The zero-order valence-electron chi connectivity index (χ0n) is 13.9. The van der Waals surface area contributed by atoms with Gasteiger partial charge in [-0.3, -0.25) is 0 Å². The van der Waals surface area contributed by atoms with Crippen LogP contribution in [0.25, 0.3) is 17.1 Å². The summed E-state index contributed by atoms with van der Waals surface area (Å²) in [7, 11) is 0. The molecule has 0 amide bonds. The molecule has 27 heavy (non-hydrogen) atoms. The number of thioether (sulfide) groups is 1. The fraction of sp³-hybridized carbons (Fsp3) is 0.0526. The second kappa shape index (κ2) is 8.77. The van der Waals surface area contributed by atoms with Gasteiger partial charge in [0.25, 0.3) is 0 Å². The zero-order chi connectivity index (χ0) is 19.4. The van der Waals surface area contributed by atoms with E-state index in [1.807, 2.05) is 24.3 Å². The standard InChI is InChI=1S/C19H14Br2N2O3S/c1-2-7-26-17-12(20)8-11(9-13(17)21)10-16(18(24)25)27-19-22-14-5-3-4-6-15(14)23-19/h2-6,8-10H,1,7H2,(H,22,23)(H,24,25)/b16-10-. The summed E-state index contributed by atoms with van der Waals surface area (Å²) < 4.78 is 7.01. The van der Waals surface area contributed by atoms with Crippen molar-refractivity contribution >= 4 is 66.7 Å². The van der Waals surface area contributed by atoms with E-state index in [4.69, 9.17) is 4.74 Å². The fourth-order valence-corrected chi connectivity index (χ4v) is 4.56. The van der Waals surface area contributed by atoms with Crippen LogP contribution in [0.4, 0.5) is 0 Å². The van der Waals surface area contributed by atoms with Crippen LogP contribution in [-0.4, -0.2) is 27.7 Å². The average molecular weight is 510 g/mol. The number of hydrogen-bond acceptors (Lipinski definition) is 4. The van der Waals surface area contributed by atoms with Gasteiger partial charge in [-0.1, -0.05) is 24.8 Å². The third-order valence-electron chi connectivity index (χ3n) is 3.45. The predicted molar refractivity (Wildman–Crippen MR) is 115 cm³/mol. The number of hydrogen-bond donors (Lipinski definition) is 2. The summed E-state index contributed by atoms with van der Waals surface area (Å²) >= 11 is 7.97. The average Bonchev–Trinajstić information content (AvgIpc) is 3.03. The molecule has 3 aromatic rings. The van der Waals surface area contributed by atoms with Gasteiger partial charge in [0.15, 0.2) is 5.16 Å². The molecule has 0 bridgehead atoms. The topological polar surface area (TPSA) is 75.2 Å². The van der Waals surface area contributed by atoms with Gasteiger partial charge in [0.05, 0.1) is 20.0 Å². The highest BCUT2D eigenvalue weighted by Crippen LogP contribution is 2.36. The number of benzene rings is 2. The molecule has 0 atom stereocenters. The molecule has 3 rings (SSSR count). The van der Waals surface area contributed by atoms with E-state index in [0.717, 1.165) is 22.8 Å². The van der Waals surface area contributed by atoms with Crippen LogP contribution < -0.4 is 4.74 Å². The number of carbonyl (C=O) groups is 1. The van der Waals surface area contributed by atoms with Crippen LogP contribution in [0.3, 0.4) is 0 Å². The lowest BCUT2D eigenvalue weighted by Crippen LogP contribution is -1.98. The fourth-order valence-electron chi connectivity index (χ4n) is 2.31. The van der Waals surface area contributed by atoms with Crippen molar-refractivity contribution in [2.45, 2.75) is 5.16 Å². The number of ether oxygens (including phenoxy) is 1. The predicted octanol–water partition coefficient (Wildman–Crippen LogP) is 5.87. The first-order chi connectivity index (χ1) is 13.0. The molecule has 0 saturated carbocycles. The number of carboxylic acids is 1. The van der Waals surface area contributed by atoms with Crippen LogP contribution in [-0.2, 0) is 4.79 Å². The SMILES string of the molecule is C=CCOc1c(Br)cc(/C=C(\Sc2nc3ccccc3[nH]2)C(=O)O)cc1Br. The number of nitrogens with zero attached hydrogens (tertiary/aromatic N) is 1. The van der Waals surface area contributed by atoms with Crippen LogP contribution >= 0.6 is 43.6 Å². The molecule has 2 N–H and O–H groups in total. The van der Waals surface area contributed by atoms with Gasteiger partial charge in [0, 0.05) is 0 Å². The van der Waals surface area contributed by atoms with Gasteiger partial charge >= 0.3 is 5.97 Å². The highest BCUT2D eigenvalue weighted by Gasteiger charge is 2.14. The highest BCUT2D eigenvalue weighted by molar-refractivity contribution is 9.11. The molecule has 2 aromatic carbocycles. The molecule has 0 radical (unpaired) electrons. The summed E-state index contributed by atoms with van der Waals surface area (Å²) in [5.74, 6) is -0.395. The van der Waals surface area contributed by atoms with E-state index in [2.05, 4.69) is 48.4 Å². The van der Waals surface area contributed by atoms with Crippen molar-refractivity contribution < 1.29 is 14.6 Å². The van der Waals surface area contributed by atoms with E-state index in [-0.39, 0.29) is 4.91 Å². The van der Waals surface area contributed by atoms with Crippen molar-refractivity contribution in [2.75, 3.05) is 6.61 Å². The number of halogens is 2. The van der Waals surface area contributed by atoms with E-state index in [0.29, 0.717) is 32.0 Å². The van der Waals surface area contributed by atoms with E-state index in [1.54, 1.807) is 24.3 Å². The molecule has 0 unspecified atom stereocenters. The largest absolute Gasteiger partial charge is 0.487 e. The Hall–Kier alpha value is -2.03. The maximum Gasteiger partial charge on any atom is 0.342 e. The first-order valence-corrected chi connectivity index (χ1v) is 10.2. The minimum Gasteiger partial charge on any atom is -0.487 e. The molecule has 0 fully saturated rings. The molecule has 0 saturated heterocycles. The van der Waals surface area contributed by atoms with Crippen LogP contribution in [0, 0.1) is 0 Å². The van der Waals surface area contributed by atoms with Gasteiger partial charge in [-0.05, 0) is 79.5 Å². The van der Waals surface area contributed by atoms with E-state index in [1.165, 1.54) is 0 Å². The molecule has 5 nitrogen and oxygen atoms in total. The monoisotopic (exact) mass is 508 g/mol. The van der Waals surface area contributed by atoms with Gasteiger partial charge in [-0.2, -0.15) is 0 Å². The van der Waals surface area contributed by atoms with Gasteiger partial charge in [-0.25, -0.2) is 9.78 Å². The minimum absolute atomic E-state index is 0.146. The Morgan fingerprint density at radius 3 is 2.63 bits per heavy atom. The molecule has 0 aliphatic heterocycles. The number of aromatic nitrogens is 2. The van der Waals surface area contributed by atoms with Gasteiger partial charge < -0.3 is 14.8 Å². The van der Waals surface area contributed by atoms with Crippen molar-refractivity contribution in [3.05, 3.63) is 68.5 Å². The Morgan fingerprint density at radius 2 is 2.00 bits per heavy atom. The maximum absolute atomic E-state index is 11.7. The lowest BCUT2D eigenvalue weighted by atomic mass is 10.2. The lowest BCUT2D eigenvalue weighted by Gasteiger charge is -2.10. The molecule has 138 valence electrons. The number of imidazole rings is 1. The number of H-pyrrole nitrogens is 1. The van der Waals surface area contributed by atoms with Gasteiger partial charge in [0.1, 0.15) is 17.3 Å². The summed E-state index contributed by atoms with van der Waals surface area (Å²) in [5.41, 5.74) is 2.36. The molecule has 1 aromatic heterocycles. The second-order valence-electron chi connectivity index (χ2n) is 5.39. The Balaban J connectivity index is 1.91. The van der Waals surface area contributed by atoms with Crippen LogP contribution in [0.5, 0.6) is 5.75 Å². The summed E-state index contributed by atoms with van der Waals surface area (Å²) in [4.78, 5) is 19.4. The van der Waals surface area contributed by atoms with E-state index >= 15 is 0 Å². The zero-order valence-corrected chi connectivity index (χ0v) is 17.9. The number of carboxylic acid groups (broad SMARTS) is 1. The Kier molecular flexibility index (Phi) is 6.41. The Labute approximate surface area is 176 Å². The molecule has 0 aliphatic rings. The van der Waals surface area contributed by atoms with Crippen molar-refractivity contribution in [1.82, 2.24) is 9.97 Å². The smallest absolute Gasteiger partial charge is 0.342 e. The van der Waals surface area contributed by atoms with Crippen molar-refractivity contribution in [1.29, 1.82) is 0 Å². The molecular weight excluding hydrogens is 496 g/mol. The van der Waals surface area contributed by atoms with Crippen molar-refractivity contribution in [2.24, 2.45) is 0 Å². The summed E-state index contributed by atoms with van der Waals surface area (Å²) in [6.45, 7) is 3.99. The maximum atomic E-state index is 11.7. The molecular formula is C19H14Br2N2O3S. The Morgan fingerprint density at radius 1 is 1.30 bits per heavy atom. The number of fused-ring (bicyclic) bond motifs is 1. The first kappa shape index (κ1) is 19.7. The second-order valence-corrected chi connectivity index (χ2v) is 8.13. The highest BCUT2D eigenvalue weighted by atomic mass is 79.9. The molecule has 0 spiro atoms. The number of aliphatic carboxylic acids is 1. The van der Waals surface area contributed by atoms with Crippen molar-refractivity contribution in [3.63, 3.8) is 0 Å². The van der Waals surface area contributed by atoms with Gasteiger partial charge in [-0.15, -0.1) is 0 Å². The normalized spacial score (nSPS) is 11.6. The molecule has 0 aliphatic carbocycles. The van der Waals surface area contributed by atoms with Crippen LogP contribution in [0.15, 0.2) is 68.1 Å². The van der Waals surface area contributed by atoms with Crippen LogP contribution in [0.2, 0.25) is 0 Å².